The summed E-state index contributed by atoms with van der Waals surface area (Å²) in [5.41, 5.74) is 1.15. The Morgan fingerprint density at radius 2 is 1.39 bits per heavy atom. The van der Waals surface area contributed by atoms with Gasteiger partial charge in [-0.3, -0.25) is 0 Å². The topological polar surface area (TPSA) is 51.2 Å². The minimum absolute atomic E-state index is 0.0854. The third-order valence-corrected chi connectivity index (χ3v) is 16.6. The quantitative estimate of drug-likeness (QED) is 0.492. The molecule has 31 heavy (non-hydrogen) atoms. The highest BCUT2D eigenvalue weighted by Gasteiger charge is 2.51. The first-order valence-electron chi connectivity index (χ1n) is 11.4. The van der Waals surface area contributed by atoms with E-state index >= 15 is 0 Å². The highest BCUT2D eigenvalue weighted by molar-refractivity contribution is 6.74. The summed E-state index contributed by atoms with van der Waals surface area (Å²) in [4.78, 5) is 0. The minimum Gasteiger partial charge on any atom is -0.497 e. The summed E-state index contributed by atoms with van der Waals surface area (Å²) in [6.07, 6.45) is 0.405. The van der Waals surface area contributed by atoms with Crippen LogP contribution < -0.4 is 4.74 Å². The maximum atomic E-state index is 11.0. The Kier molecular flexibility index (Phi) is 7.94. The molecule has 0 radical (unpaired) electrons. The van der Waals surface area contributed by atoms with Crippen molar-refractivity contribution < 1.29 is 18.8 Å². The molecule has 0 saturated carbocycles. The van der Waals surface area contributed by atoms with E-state index in [4.69, 9.17) is 13.6 Å². The fourth-order valence-corrected chi connectivity index (χ4v) is 6.06. The molecule has 2 rings (SSSR count). The van der Waals surface area contributed by atoms with E-state index in [1.165, 1.54) is 5.06 Å². The highest BCUT2D eigenvalue weighted by Crippen LogP contribution is 2.43. The Hall–Kier alpha value is -0.706. The smallest absolute Gasteiger partial charge is 0.192 e. The predicted molar refractivity (Wildman–Crippen MR) is 133 cm³/mol. The fourth-order valence-electron chi connectivity index (χ4n) is 3.40. The van der Waals surface area contributed by atoms with Crippen molar-refractivity contribution in [2.45, 2.75) is 102 Å². The zero-order chi connectivity index (χ0) is 23.8. The lowest BCUT2D eigenvalue weighted by atomic mass is 10.0. The molecule has 1 aliphatic rings. The second-order valence-corrected chi connectivity index (χ2v) is 21.5. The van der Waals surface area contributed by atoms with E-state index in [1.54, 1.807) is 7.11 Å². The van der Waals surface area contributed by atoms with E-state index in [0.717, 1.165) is 11.3 Å². The first-order valence-corrected chi connectivity index (χ1v) is 17.2. The van der Waals surface area contributed by atoms with Gasteiger partial charge in [0, 0.05) is 0 Å². The minimum atomic E-state index is -2.06. The van der Waals surface area contributed by atoms with Gasteiger partial charge in [-0.15, -0.1) is 0 Å². The van der Waals surface area contributed by atoms with Crippen LogP contribution in [-0.2, 0) is 15.3 Å². The third-order valence-electron chi connectivity index (χ3n) is 7.59. The van der Waals surface area contributed by atoms with Crippen LogP contribution in [0.4, 0.5) is 0 Å². The number of ether oxygens (including phenoxy) is 1. The lowest BCUT2D eigenvalue weighted by Gasteiger charge is -2.44. The molecule has 1 aliphatic heterocycles. The summed E-state index contributed by atoms with van der Waals surface area (Å²) in [5, 5.41) is 12.6. The number of methoxy groups -OCH3 is 1. The number of rotatable bonds is 7. The summed E-state index contributed by atoms with van der Waals surface area (Å²) in [6.45, 7) is 23.1. The average Bonchev–Trinajstić information content (AvgIpc) is 2.88. The molecule has 0 bridgehead atoms. The second-order valence-electron chi connectivity index (χ2n) is 12.0. The Morgan fingerprint density at radius 3 is 1.84 bits per heavy atom. The predicted octanol–water partition coefficient (Wildman–Crippen LogP) is 6.09. The number of hydrogen-bond donors (Lipinski definition) is 1. The molecule has 1 saturated heterocycles. The van der Waals surface area contributed by atoms with E-state index in [2.05, 4.69) is 79.9 Å². The molecular weight excluding hydrogens is 422 g/mol. The average molecular weight is 468 g/mol. The van der Waals surface area contributed by atoms with Gasteiger partial charge < -0.3 is 18.8 Å². The van der Waals surface area contributed by atoms with Crippen molar-refractivity contribution in [2.75, 3.05) is 13.7 Å². The molecule has 1 aromatic rings. The molecular formula is C24H45NO4Si2. The van der Waals surface area contributed by atoms with Crippen molar-refractivity contribution in [1.82, 2.24) is 5.06 Å². The molecule has 1 fully saturated rings. The van der Waals surface area contributed by atoms with Crippen LogP contribution in [-0.4, -0.2) is 58.8 Å². The van der Waals surface area contributed by atoms with E-state index in [-0.39, 0.29) is 28.3 Å². The summed E-state index contributed by atoms with van der Waals surface area (Å²) < 4.78 is 19.1. The summed E-state index contributed by atoms with van der Waals surface area (Å²) in [7, 11) is -2.40. The standard InChI is InChI=1S/C24H45NO4Si2/c1-23(2,3)30(8,9)28-21-17-25(26)20(16-18-12-14-19(27-7)15-13-18)22(21)29-31(10,11)24(4,5)6/h12-15,20-22,26H,16-17H2,1-11H3/t20-,21-,22-/m0/s1. The van der Waals surface area contributed by atoms with Gasteiger partial charge in [0.15, 0.2) is 16.6 Å². The molecule has 1 aromatic carbocycles. The van der Waals surface area contributed by atoms with Gasteiger partial charge in [-0.25, -0.2) is 0 Å². The van der Waals surface area contributed by atoms with Gasteiger partial charge in [0.1, 0.15) is 5.75 Å². The summed E-state index contributed by atoms with van der Waals surface area (Å²) in [5.74, 6) is 0.837. The maximum Gasteiger partial charge on any atom is 0.192 e. The zero-order valence-corrected chi connectivity index (χ0v) is 23.6. The molecule has 0 aliphatic carbocycles. The van der Waals surface area contributed by atoms with Gasteiger partial charge in [-0.05, 0) is 60.4 Å². The van der Waals surface area contributed by atoms with Crippen molar-refractivity contribution >= 4 is 16.6 Å². The number of hydroxylamine groups is 2. The largest absolute Gasteiger partial charge is 0.497 e. The van der Waals surface area contributed by atoms with E-state index in [0.29, 0.717) is 13.0 Å². The molecule has 0 aromatic heterocycles. The fraction of sp³-hybridized carbons (Fsp3) is 0.750. The van der Waals surface area contributed by atoms with E-state index in [9.17, 15) is 5.21 Å². The number of hydrogen-bond acceptors (Lipinski definition) is 5. The van der Waals surface area contributed by atoms with Gasteiger partial charge in [0.05, 0.1) is 31.9 Å². The van der Waals surface area contributed by atoms with E-state index < -0.39 is 16.6 Å². The normalized spacial score (nSPS) is 23.9. The van der Waals surface area contributed by atoms with Crippen molar-refractivity contribution in [1.29, 1.82) is 0 Å². The third kappa shape index (κ3) is 6.21. The lowest BCUT2D eigenvalue weighted by Crippen LogP contribution is -2.53. The SMILES string of the molecule is COc1ccc(C[C@H]2[C@H](O[Si](C)(C)C(C)(C)C)[C@@H](O[Si](C)(C)C(C)(C)C)CN2O)cc1. The zero-order valence-electron chi connectivity index (χ0n) is 21.6. The molecule has 1 N–H and O–H groups in total. The number of nitrogens with zero attached hydrogens (tertiary/aromatic N) is 1. The summed E-state index contributed by atoms with van der Waals surface area (Å²) >= 11 is 0. The lowest BCUT2D eigenvalue weighted by molar-refractivity contribution is -0.114. The molecule has 1 heterocycles. The monoisotopic (exact) mass is 467 g/mol. The Bertz CT molecular complexity index is 723. The first-order chi connectivity index (χ1) is 14.0. The van der Waals surface area contributed by atoms with Crippen LogP contribution in [0.2, 0.25) is 36.3 Å². The first kappa shape index (κ1) is 26.5. The van der Waals surface area contributed by atoms with Crippen molar-refractivity contribution in [2.24, 2.45) is 0 Å². The van der Waals surface area contributed by atoms with Crippen molar-refractivity contribution in [3.63, 3.8) is 0 Å². The summed E-state index contributed by atoms with van der Waals surface area (Å²) in [6, 6.07) is 7.94. The maximum absolute atomic E-state index is 11.0. The van der Waals surface area contributed by atoms with E-state index in [1.807, 2.05) is 12.1 Å². The Labute approximate surface area is 192 Å². The highest BCUT2D eigenvalue weighted by atomic mass is 28.4. The molecule has 5 nitrogen and oxygen atoms in total. The van der Waals surface area contributed by atoms with Gasteiger partial charge in [-0.1, -0.05) is 53.7 Å². The van der Waals surface area contributed by atoms with Crippen LogP contribution in [0.3, 0.4) is 0 Å². The van der Waals surface area contributed by atoms with Gasteiger partial charge in [0.2, 0.25) is 0 Å². The Balaban J connectivity index is 2.35. The Morgan fingerprint density at radius 1 is 0.903 bits per heavy atom. The van der Waals surface area contributed by atoms with Crippen LogP contribution in [0, 0.1) is 0 Å². The van der Waals surface area contributed by atoms with Crippen LogP contribution in [0.5, 0.6) is 5.75 Å². The van der Waals surface area contributed by atoms with Crippen LogP contribution in [0.25, 0.3) is 0 Å². The number of benzene rings is 1. The van der Waals surface area contributed by atoms with Crippen molar-refractivity contribution in [3.05, 3.63) is 29.8 Å². The van der Waals surface area contributed by atoms with Crippen LogP contribution >= 0.6 is 0 Å². The molecule has 7 heteroatoms. The van der Waals surface area contributed by atoms with Gasteiger partial charge >= 0.3 is 0 Å². The molecule has 178 valence electrons. The van der Waals surface area contributed by atoms with Gasteiger partial charge in [0.25, 0.3) is 0 Å². The molecule has 0 spiro atoms. The van der Waals surface area contributed by atoms with Crippen LogP contribution in [0.1, 0.15) is 47.1 Å². The molecule has 3 atom stereocenters. The van der Waals surface area contributed by atoms with Crippen molar-refractivity contribution in [3.8, 4) is 5.75 Å². The second kappa shape index (κ2) is 9.27. The van der Waals surface area contributed by atoms with Gasteiger partial charge in [-0.2, -0.15) is 5.06 Å². The molecule has 0 unspecified atom stereocenters. The van der Waals surface area contributed by atoms with Crippen LogP contribution in [0.15, 0.2) is 24.3 Å². The molecule has 0 amide bonds.